The molecular formula is C21H22N4O3S2. The number of nitrogens with one attached hydrogen (secondary N) is 1. The molecular weight excluding hydrogens is 420 g/mol. The van der Waals surface area contributed by atoms with Crippen molar-refractivity contribution in [1.82, 2.24) is 10.3 Å². The highest BCUT2D eigenvalue weighted by atomic mass is 32.2. The van der Waals surface area contributed by atoms with Crippen LogP contribution in [0.2, 0.25) is 0 Å². The first-order chi connectivity index (χ1) is 14.4. The fourth-order valence-corrected chi connectivity index (χ4v) is 4.82. The molecule has 2 aromatic carbocycles. The zero-order valence-corrected chi connectivity index (χ0v) is 17.9. The quantitative estimate of drug-likeness (QED) is 0.547. The Morgan fingerprint density at radius 1 is 1.17 bits per heavy atom. The molecule has 3 aromatic rings. The molecule has 0 spiro atoms. The van der Waals surface area contributed by atoms with Crippen LogP contribution >= 0.6 is 11.3 Å². The lowest BCUT2D eigenvalue weighted by atomic mass is 9.98. The molecule has 1 aliphatic rings. The summed E-state index contributed by atoms with van der Waals surface area (Å²) in [5, 5.41) is 8.42. The molecule has 1 amide bonds. The minimum atomic E-state index is -3.49. The number of rotatable bonds is 7. The lowest BCUT2D eigenvalue weighted by Gasteiger charge is -2.16. The largest absolute Gasteiger partial charge is 0.311 e. The summed E-state index contributed by atoms with van der Waals surface area (Å²) in [5.41, 5.74) is 4.41. The predicted molar refractivity (Wildman–Crippen MR) is 119 cm³/mol. The van der Waals surface area contributed by atoms with Gasteiger partial charge in [-0.15, -0.1) is 11.3 Å². The van der Waals surface area contributed by atoms with Crippen molar-refractivity contribution < 1.29 is 13.2 Å². The zero-order chi connectivity index (χ0) is 21.1. The van der Waals surface area contributed by atoms with Gasteiger partial charge in [-0.05, 0) is 29.2 Å². The van der Waals surface area contributed by atoms with Crippen LogP contribution in [0.3, 0.4) is 0 Å². The molecule has 156 valence electrons. The molecule has 0 radical (unpaired) electrons. The van der Waals surface area contributed by atoms with E-state index in [1.807, 2.05) is 30.3 Å². The molecule has 0 aliphatic carbocycles. The first kappa shape index (κ1) is 20.7. The van der Waals surface area contributed by atoms with Gasteiger partial charge in [-0.25, -0.2) is 18.5 Å². The highest BCUT2D eigenvalue weighted by molar-refractivity contribution is 7.89. The van der Waals surface area contributed by atoms with E-state index < -0.39 is 10.0 Å². The zero-order valence-electron chi connectivity index (χ0n) is 16.2. The van der Waals surface area contributed by atoms with Gasteiger partial charge in [0.2, 0.25) is 10.0 Å². The van der Waals surface area contributed by atoms with Crippen molar-refractivity contribution in [3.05, 3.63) is 70.2 Å². The van der Waals surface area contributed by atoms with E-state index in [1.54, 1.807) is 11.1 Å². The summed E-state index contributed by atoms with van der Waals surface area (Å²) in [6.07, 6.45) is 2.46. The van der Waals surface area contributed by atoms with Gasteiger partial charge >= 0.3 is 0 Å². The monoisotopic (exact) mass is 442 g/mol. The minimum Gasteiger partial charge on any atom is -0.311 e. The molecule has 0 unspecified atom stereocenters. The van der Waals surface area contributed by atoms with Crippen LogP contribution in [0.1, 0.15) is 20.2 Å². The fraction of sp³-hybridized carbons (Fsp3) is 0.238. The number of aromatic nitrogens is 1. The topological polar surface area (TPSA) is 105 Å². The van der Waals surface area contributed by atoms with Crippen LogP contribution in [0.5, 0.6) is 0 Å². The van der Waals surface area contributed by atoms with E-state index in [4.69, 9.17) is 5.14 Å². The van der Waals surface area contributed by atoms with Crippen molar-refractivity contribution in [2.24, 2.45) is 5.14 Å². The van der Waals surface area contributed by atoms with Crippen LogP contribution in [0.25, 0.3) is 11.1 Å². The van der Waals surface area contributed by atoms with Gasteiger partial charge in [-0.3, -0.25) is 4.79 Å². The summed E-state index contributed by atoms with van der Waals surface area (Å²) in [7, 11) is -3.49. The molecule has 1 aromatic heterocycles. The molecule has 0 fully saturated rings. The van der Waals surface area contributed by atoms with Crippen LogP contribution in [0.4, 0.5) is 5.69 Å². The summed E-state index contributed by atoms with van der Waals surface area (Å²) in [6.45, 7) is 1.32. The number of sulfonamides is 1. The maximum Gasteiger partial charge on any atom is 0.287 e. The number of nitrogens with zero attached hydrogens (tertiary/aromatic N) is 2. The molecule has 2 heterocycles. The summed E-state index contributed by atoms with van der Waals surface area (Å²) in [5.74, 6) is -0.244. The molecule has 0 saturated carbocycles. The molecule has 7 nitrogen and oxygen atoms in total. The fourth-order valence-electron chi connectivity index (χ4n) is 3.56. The third-order valence-corrected chi connectivity index (χ3v) is 6.72. The number of nitrogens with two attached hydrogens (primary N) is 1. The van der Waals surface area contributed by atoms with Gasteiger partial charge < -0.3 is 10.2 Å². The number of carbonyl (C=O) groups is 1. The number of thiazole rings is 1. The summed E-state index contributed by atoms with van der Waals surface area (Å²) < 4.78 is 22.0. The van der Waals surface area contributed by atoms with E-state index in [1.165, 1.54) is 16.9 Å². The second kappa shape index (κ2) is 8.65. The molecule has 9 heteroatoms. The molecule has 0 saturated heterocycles. The Labute approximate surface area is 179 Å². The van der Waals surface area contributed by atoms with Gasteiger partial charge in [0.25, 0.3) is 5.91 Å². The van der Waals surface area contributed by atoms with E-state index in [9.17, 15) is 13.2 Å². The summed E-state index contributed by atoms with van der Waals surface area (Å²) in [4.78, 5) is 20.0. The summed E-state index contributed by atoms with van der Waals surface area (Å²) in [6, 6.07) is 16.2. The van der Waals surface area contributed by atoms with Crippen molar-refractivity contribution in [2.45, 2.75) is 13.0 Å². The third kappa shape index (κ3) is 4.59. The second-order valence-corrected chi connectivity index (χ2v) is 9.90. The second-order valence-electron chi connectivity index (χ2n) is 7.05. The van der Waals surface area contributed by atoms with E-state index in [2.05, 4.69) is 28.5 Å². The highest BCUT2D eigenvalue weighted by Crippen LogP contribution is 2.37. The van der Waals surface area contributed by atoms with Crippen LogP contribution in [0.15, 0.2) is 54.7 Å². The Hall–Kier alpha value is -2.59. The van der Waals surface area contributed by atoms with Gasteiger partial charge in [0.1, 0.15) is 0 Å². The Bertz CT molecular complexity index is 1160. The highest BCUT2D eigenvalue weighted by Gasteiger charge is 2.29. The number of anilines is 1. The Kier molecular flexibility index (Phi) is 5.96. The molecule has 1 aliphatic heterocycles. The number of benzene rings is 2. The van der Waals surface area contributed by atoms with Crippen molar-refractivity contribution in [1.29, 1.82) is 0 Å². The standard InChI is InChI=1S/C21H22N4O3S2/c22-30(27,28)12-10-23-13-16-14-24-20(29-16)21(26)25-11-9-18-17(7-4-8-19(18)25)15-5-2-1-3-6-15/h1-8,14,23H,9-13H2,(H2,22,27,28). The van der Waals surface area contributed by atoms with Crippen LogP contribution < -0.4 is 15.4 Å². The number of hydrogen-bond donors (Lipinski definition) is 2. The number of fused-ring (bicyclic) bond motifs is 1. The van der Waals surface area contributed by atoms with E-state index in [-0.39, 0.29) is 18.2 Å². The molecule has 3 N–H and O–H groups in total. The van der Waals surface area contributed by atoms with E-state index in [0.717, 1.165) is 28.1 Å². The van der Waals surface area contributed by atoms with Gasteiger partial charge in [-0.2, -0.15) is 0 Å². The molecule has 4 rings (SSSR count). The van der Waals surface area contributed by atoms with Gasteiger partial charge in [0.05, 0.1) is 5.75 Å². The Morgan fingerprint density at radius 3 is 2.73 bits per heavy atom. The molecule has 0 atom stereocenters. The smallest absolute Gasteiger partial charge is 0.287 e. The first-order valence-corrected chi connectivity index (χ1v) is 12.1. The number of primary sulfonamides is 1. The first-order valence-electron chi connectivity index (χ1n) is 9.57. The van der Waals surface area contributed by atoms with Gasteiger partial charge in [0, 0.05) is 36.4 Å². The summed E-state index contributed by atoms with van der Waals surface area (Å²) >= 11 is 1.32. The van der Waals surface area contributed by atoms with Gasteiger partial charge in [0.15, 0.2) is 5.01 Å². The number of hydrogen-bond acceptors (Lipinski definition) is 6. The maximum absolute atomic E-state index is 13.1. The average molecular weight is 443 g/mol. The lowest BCUT2D eigenvalue weighted by Crippen LogP contribution is -2.28. The van der Waals surface area contributed by atoms with Crippen molar-refractivity contribution in [3.8, 4) is 11.1 Å². The lowest BCUT2D eigenvalue weighted by molar-refractivity contribution is 0.0989. The van der Waals surface area contributed by atoms with Gasteiger partial charge in [-0.1, -0.05) is 42.5 Å². The van der Waals surface area contributed by atoms with Crippen LogP contribution in [-0.2, 0) is 23.0 Å². The van der Waals surface area contributed by atoms with E-state index in [0.29, 0.717) is 18.1 Å². The average Bonchev–Trinajstić information content (AvgIpc) is 3.38. The van der Waals surface area contributed by atoms with Crippen molar-refractivity contribution in [3.63, 3.8) is 0 Å². The minimum absolute atomic E-state index is 0.111. The van der Waals surface area contributed by atoms with Crippen LogP contribution in [-0.4, -0.2) is 38.2 Å². The van der Waals surface area contributed by atoms with E-state index >= 15 is 0 Å². The number of amides is 1. The van der Waals surface area contributed by atoms with Crippen molar-refractivity contribution in [2.75, 3.05) is 23.7 Å². The number of carbonyl (C=O) groups excluding carboxylic acids is 1. The Balaban J connectivity index is 1.47. The molecule has 30 heavy (non-hydrogen) atoms. The normalized spacial score (nSPS) is 13.4. The van der Waals surface area contributed by atoms with Crippen molar-refractivity contribution >= 4 is 33.0 Å². The third-order valence-electron chi connectivity index (χ3n) is 4.96. The molecule has 0 bridgehead atoms. The van der Waals surface area contributed by atoms with Crippen LogP contribution in [0, 0.1) is 0 Å². The maximum atomic E-state index is 13.1. The SMILES string of the molecule is NS(=O)(=O)CCNCc1cnc(C(=O)N2CCc3c(-c4ccccc4)cccc32)s1. The Morgan fingerprint density at radius 2 is 1.97 bits per heavy atom. The predicted octanol–water partition coefficient (Wildman–Crippen LogP) is 2.39.